The van der Waals surface area contributed by atoms with Gasteiger partial charge in [0.15, 0.2) is 0 Å². The van der Waals surface area contributed by atoms with Crippen LogP contribution in [0, 0.1) is 6.92 Å². The van der Waals surface area contributed by atoms with Crippen LogP contribution >= 0.6 is 0 Å². The quantitative estimate of drug-likeness (QED) is 0.743. The third-order valence-electron chi connectivity index (χ3n) is 3.32. The number of anilines is 1. The molecule has 0 heterocycles. The van der Waals surface area contributed by atoms with Gasteiger partial charge in [0.2, 0.25) is 5.91 Å². The highest BCUT2D eigenvalue weighted by molar-refractivity contribution is 5.92. The highest BCUT2D eigenvalue weighted by Crippen LogP contribution is 2.27. The Bertz CT molecular complexity index is 439. The number of hydrogen-bond donors (Lipinski definition) is 2. The van der Waals surface area contributed by atoms with Crippen LogP contribution in [0.15, 0.2) is 18.2 Å². The molecule has 0 aliphatic rings. The van der Waals surface area contributed by atoms with E-state index in [4.69, 9.17) is 0 Å². The van der Waals surface area contributed by atoms with Crippen molar-refractivity contribution in [3.8, 4) is 0 Å². The van der Waals surface area contributed by atoms with Crippen LogP contribution in [0.2, 0.25) is 0 Å². The van der Waals surface area contributed by atoms with Crippen molar-refractivity contribution in [2.75, 3.05) is 11.9 Å². The zero-order valence-electron chi connectivity index (χ0n) is 13.4. The van der Waals surface area contributed by atoms with Crippen LogP contribution in [0.1, 0.15) is 57.6 Å². The van der Waals surface area contributed by atoms with Crippen molar-refractivity contribution in [1.29, 1.82) is 0 Å². The first-order valence-electron chi connectivity index (χ1n) is 7.54. The number of para-hydroxylation sites is 1. The van der Waals surface area contributed by atoms with Gasteiger partial charge in [-0.2, -0.15) is 0 Å². The third-order valence-corrected chi connectivity index (χ3v) is 3.32. The Morgan fingerprint density at radius 2 is 1.90 bits per heavy atom. The van der Waals surface area contributed by atoms with Gasteiger partial charge in [0.1, 0.15) is 0 Å². The Morgan fingerprint density at radius 3 is 2.50 bits per heavy atom. The van der Waals surface area contributed by atoms with Crippen molar-refractivity contribution < 1.29 is 4.79 Å². The van der Waals surface area contributed by atoms with E-state index in [1.54, 1.807) is 0 Å². The number of carbonyl (C=O) groups excluding carboxylic acids is 1. The second-order valence-corrected chi connectivity index (χ2v) is 5.95. The minimum absolute atomic E-state index is 0.103. The minimum atomic E-state index is 0.103. The topological polar surface area (TPSA) is 41.1 Å². The van der Waals surface area contributed by atoms with Gasteiger partial charge in [0, 0.05) is 18.2 Å². The molecular formula is C17H28N2O. The van der Waals surface area contributed by atoms with E-state index in [0.717, 1.165) is 24.2 Å². The van der Waals surface area contributed by atoms with Crippen LogP contribution in [0.25, 0.3) is 0 Å². The van der Waals surface area contributed by atoms with E-state index in [9.17, 15) is 4.79 Å². The molecule has 0 unspecified atom stereocenters. The van der Waals surface area contributed by atoms with Gasteiger partial charge < -0.3 is 10.6 Å². The van der Waals surface area contributed by atoms with Crippen LogP contribution in [-0.2, 0) is 4.79 Å². The van der Waals surface area contributed by atoms with Crippen molar-refractivity contribution in [2.45, 2.75) is 59.4 Å². The van der Waals surface area contributed by atoms with Gasteiger partial charge in [-0.25, -0.2) is 0 Å². The molecule has 3 heteroatoms. The van der Waals surface area contributed by atoms with Gasteiger partial charge in [0.25, 0.3) is 0 Å². The lowest BCUT2D eigenvalue weighted by Gasteiger charge is -2.16. The smallest absolute Gasteiger partial charge is 0.224 e. The lowest BCUT2D eigenvalue weighted by molar-refractivity contribution is -0.116. The molecule has 0 aliphatic heterocycles. The van der Waals surface area contributed by atoms with Crippen molar-refractivity contribution in [2.24, 2.45) is 0 Å². The molecular weight excluding hydrogens is 248 g/mol. The fourth-order valence-electron chi connectivity index (χ4n) is 2.18. The van der Waals surface area contributed by atoms with Gasteiger partial charge in [-0.1, -0.05) is 45.9 Å². The number of rotatable bonds is 7. The van der Waals surface area contributed by atoms with Crippen molar-refractivity contribution in [1.82, 2.24) is 5.32 Å². The summed E-state index contributed by atoms with van der Waals surface area (Å²) in [5, 5.41) is 6.41. The summed E-state index contributed by atoms with van der Waals surface area (Å²) in [6.45, 7) is 11.5. The SMILES string of the molecule is Cc1cccc(C(C)C)c1NC(=O)CCCNC(C)C. The Kier molecular flexibility index (Phi) is 6.73. The van der Waals surface area contributed by atoms with E-state index in [1.807, 2.05) is 19.1 Å². The Balaban J connectivity index is 2.57. The largest absolute Gasteiger partial charge is 0.326 e. The van der Waals surface area contributed by atoms with Crippen molar-refractivity contribution >= 4 is 11.6 Å². The summed E-state index contributed by atoms with van der Waals surface area (Å²) < 4.78 is 0. The number of amides is 1. The Hall–Kier alpha value is -1.35. The molecule has 3 nitrogen and oxygen atoms in total. The Labute approximate surface area is 123 Å². The molecule has 0 fully saturated rings. The van der Waals surface area contributed by atoms with E-state index in [1.165, 1.54) is 5.56 Å². The normalized spacial score (nSPS) is 11.2. The van der Waals surface area contributed by atoms with Crippen molar-refractivity contribution in [3.05, 3.63) is 29.3 Å². The maximum Gasteiger partial charge on any atom is 0.224 e. The average Bonchev–Trinajstić information content (AvgIpc) is 2.36. The molecule has 112 valence electrons. The molecule has 0 radical (unpaired) electrons. The second kappa shape index (κ2) is 8.05. The molecule has 1 rings (SSSR count). The Morgan fingerprint density at radius 1 is 1.20 bits per heavy atom. The molecule has 1 aromatic carbocycles. The van der Waals surface area contributed by atoms with Crippen LogP contribution in [0.3, 0.4) is 0 Å². The number of hydrogen-bond acceptors (Lipinski definition) is 2. The van der Waals surface area contributed by atoms with Crippen LogP contribution < -0.4 is 10.6 Å². The molecule has 0 atom stereocenters. The first kappa shape index (κ1) is 16.7. The molecule has 0 bridgehead atoms. The number of carbonyl (C=O) groups is 1. The fraction of sp³-hybridized carbons (Fsp3) is 0.588. The van der Waals surface area contributed by atoms with E-state index in [0.29, 0.717) is 18.4 Å². The maximum atomic E-state index is 12.0. The van der Waals surface area contributed by atoms with E-state index < -0.39 is 0 Å². The second-order valence-electron chi connectivity index (χ2n) is 5.95. The van der Waals surface area contributed by atoms with Gasteiger partial charge >= 0.3 is 0 Å². The first-order valence-corrected chi connectivity index (χ1v) is 7.54. The summed E-state index contributed by atoms with van der Waals surface area (Å²) >= 11 is 0. The number of nitrogens with one attached hydrogen (secondary N) is 2. The summed E-state index contributed by atoms with van der Waals surface area (Å²) in [4.78, 5) is 12.0. The average molecular weight is 276 g/mol. The summed E-state index contributed by atoms with van der Waals surface area (Å²) in [5.41, 5.74) is 3.33. The zero-order valence-corrected chi connectivity index (χ0v) is 13.4. The molecule has 2 N–H and O–H groups in total. The fourth-order valence-corrected chi connectivity index (χ4v) is 2.18. The molecule has 0 spiro atoms. The third kappa shape index (κ3) is 5.33. The molecule has 0 saturated heterocycles. The monoisotopic (exact) mass is 276 g/mol. The van der Waals surface area contributed by atoms with Crippen molar-refractivity contribution in [3.63, 3.8) is 0 Å². The predicted octanol–water partition coefficient (Wildman–Crippen LogP) is 3.84. The van der Waals surface area contributed by atoms with Crippen LogP contribution in [-0.4, -0.2) is 18.5 Å². The van der Waals surface area contributed by atoms with Crippen LogP contribution in [0.5, 0.6) is 0 Å². The lowest BCUT2D eigenvalue weighted by Crippen LogP contribution is -2.25. The van der Waals surface area contributed by atoms with E-state index in [2.05, 4.69) is 44.4 Å². The highest BCUT2D eigenvalue weighted by Gasteiger charge is 2.11. The molecule has 20 heavy (non-hydrogen) atoms. The highest BCUT2D eigenvalue weighted by atomic mass is 16.1. The van der Waals surface area contributed by atoms with Gasteiger partial charge in [-0.05, 0) is 36.9 Å². The summed E-state index contributed by atoms with van der Waals surface area (Å²) in [6.07, 6.45) is 1.43. The van der Waals surface area contributed by atoms with Gasteiger partial charge in [0.05, 0.1) is 0 Å². The van der Waals surface area contributed by atoms with E-state index >= 15 is 0 Å². The number of aryl methyl sites for hydroxylation is 1. The standard InChI is InChI=1S/C17H28N2O/c1-12(2)15-9-6-8-14(5)17(15)19-16(20)10-7-11-18-13(3)4/h6,8-9,12-13,18H,7,10-11H2,1-5H3,(H,19,20). The lowest BCUT2D eigenvalue weighted by atomic mass is 9.98. The molecule has 1 aromatic rings. The molecule has 0 aliphatic carbocycles. The summed E-state index contributed by atoms with van der Waals surface area (Å²) in [6, 6.07) is 6.66. The molecule has 0 saturated carbocycles. The minimum Gasteiger partial charge on any atom is -0.326 e. The van der Waals surface area contributed by atoms with Crippen LogP contribution in [0.4, 0.5) is 5.69 Å². The molecule has 0 aromatic heterocycles. The van der Waals surface area contributed by atoms with Gasteiger partial charge in [-0.3, -0.25) is 4.79 Å². The van der Waals surface area contributed by atoms with Gasteiger partial charge in [-0.15, -0.1) is 0 Å². The summed E-state index contributed by atoms with van der Waals surface area (Å²) in [7, 11) is 0. The number of benzene rings is 1. The summed E-state index contributed by atoms with van der Waals surface area (Å²) in [5.74, 6) is 0.513. The van der Waals surface area contributed by atoms with E-state index in [-0.39, 0.29) is 5.91 Å². The first-order chi connectivity index (χ1) is 9.41. The zero-order chi connectivity index (χ0) is 15.1. The maximum absolute atomic E-state index is 12.0. The predicted molar refractivity (Wildman–Crippen MR) is 86.3 cm³/mol. The molecule has 1 amide bonds.